The third-order valence-electron chi connectivity index (χ3n) is 2.64. The summed E-state index contributed by atoms with van der Waals surface area (Å²) in [7, 11) is 0. The molecule has 5 nitrogen and oxygen atoms in total. The van der Waals surface area contributed by atoms with Crippen LogP contribution in [0.15, 0.2) is 22.7 Å². The Morgan fingerprint density at radius 3 is 2.89 bits per heavy atom. The quantitative estimate of drug-likeness (QED) is 0.428. The number of benzene rings is 1. The number of nitro groups is 1. The van der Waals surface area contributed by atoms with Gasteiger partial charge in [-0.15, -0.1) is 0 Å². The summed E-state index contributed by atoms with van der Waals surface area (Å²) in [5, 5.41) is 14.0. The molecule has 0 heterocycles. The highest BCUT2D eigenvalue weighted by Crippen LogP contribution is 2.27. The van der Waals surface area contributed by atoms with E-state index in [1.165, 1.54) is 6.07 Å². The highest BCUT2D eigenvalue weighted by molar-refractivity contribution is 9.10. The number of halogens is 1. The van der Waals surface area contributed by atoms with Gasteiger partial charge < -0.3 is 10.1 Å². The summed E-state index contributed by atoms with van der Waals surface area (Å²) >= 11 is 3.27. The molecule has 0 amide bonds. The van der Waals surface area contributed by atoms with Crippen molar-refractivity contribution in [2.75, 3.05) is 19.8 Å². The average molecular weight is 331 g/mol. The molecule has 0 aromatic heterocycles. The first-order valence-electron chi connectivity index (χ1n) is 6.37. The third-order valence-corrected chi connectivity index (χ3v) is 3.55. The Balaban J connectivity index is 2.33. The van der Waals surface area contributed by atoms with Crippen molar-refractivity contribution in [2.45, 2.75) is 26.3 Å². The van der Waals surface area contributed by atoms with Gasteiger partial charge in [0.25, 0.3) is 5.69 Å². The van der Waals surface area contributed by atoms with Crippen LogP contribution in [-0.4, -0.2) is 24.7 Å². The van der Waals surface area contributed by atoms with Crippen molar-refractivity contribution < 1.29 is 9.66 Å². The van der Waals surface area contributed by atoms with E-state index in [9.17, 15) is 10.1 Å². The summed E-state index contributed by atoms with van der Waals surface area (Å²) in [4.78, 5) is 10.4. The molecule has 0 radical (unpaired) electrons. The van der Waals surface area contributed by atoms with E-state index in [2.05, 4.69) is 28.2 Å². The van der Waals surface area contributed by atoms with Crippen LogP contribution < -0.4 is 5.32 Å². The Morgan fingerprint density at radius 1 is 1.42 bits per heavy atom. The first-order chi connectivity index (χ1) is 9.16. The number of nitrogens with one attached hydrogen (secondary N) is 1. The molecule has 0 unspecified atom stereocenters. The number of hydrogen-bond donors (Lipinski definition) is 1. The van der Waals surface area contributed by atoms with Gasteiger partial charge in [0.1, 0.15) is 0 Å². The molecule has 106 valence electrons. The third kappa shape index (κ3) is 5.67. The van der Waals surface area contributed by atoms with Crippen LogP contribution in [0.2, 0.25) is 0 Å². The molecular formula is C13H19BrN2O3. The number of rotatable bonds is 9. The number of unbranched alkanes of at least 4 members (excludes halogenated alkanes) is 1. The molecule has 19 heavy (non-hydrogen) atoms. The molecule has 0 aliphatic rings. The van der Waals surface area contributed by atoms with Gasteiger partial charge in [-0.05, 0) is 27.9 Å². The van der Waals surface area contributed by atoms with Gasteiger partial charge in [-0.25, -0.2) is 0 Å². The van der Waals surface area contributed by atoms with Crippen LogP contribution in [0, 0.1) is 10.1 Å². The molecule has 1 N–H and O–H groups in total. The zero-order chi connectivity index (χ0) is 14.1. The molecule has 0 aliphatic carbocycles. The van der Waals surface area contributed by atoms with E-state index in [-0.39, 0.29) is 10.6 Å². The molecule has 0 aliphatic heterocycles. The first-order valence-corrected chi connectivity index (χ1v) is 7.16. The van der Waals surface area contributed by atoms with Gasteiger partial charge in [0.2, 0.25) is 0 Å². The number of ether oxygens (including phenoxy) is 1. The maximum Gasteiger partial charge on any atom is 0.283 e. The maximum atomic E-state index is 10.8. The lowest BCUT2D eigenvalue weighted by molar-refractivity contribution is -0.385. The minimum Gasteiger partial charge on any atom is -0.380 e. The Morgan fingerprint density at radius 2 is 2.21 bits per heavy atom. The van der Waals surface area contributed by atoms with E-state index < -0.39 is 0 Å². The van der Waals surface area contributed by atoms with Gasteiger partial charge >= 0.3 is 0 Å². The van der Waals surface area contributed by atoms with Crippen LogP contribution in [0.1, 0.15) is 25.3 Å². The minimum absolute atomic E-state index is 0.0958. The fourth-order valence-corrected chi connectivity index (χ4v) is 2.11. The Labute approximate surface area is 121 Å². The average Bonchev–Trinajstić information content (AvgIpc) is 2.39. The van der Waals surface area contributed by atoms with Gasteiger partial charge in [0, 0.05) is 25.8 Å². The Kier molecular flexibility index (Phi) is 7.62. The number of hydrogen-bond acceptors (Lipinski definition) is 4. The molecule has 0 bridgehead atoms. The Bertz CT molecular complexity index is 413. The maximum absolute atomic E-state index is 10.8. The van der Waals surface area contributed by atoms with Crippen LogP contribution in [0.25, 0.3) is 0 Å². The summed E-state index contributed by atoms with van der Waals surface area (Å²) in [5.41, 5.74) is 0.973. The zero-order valence-electron chi connectivity index (χ0n) is 11.0. The molecule has 1 aromatic rings. The lowest BCUT2D eigenvalue weighted by atomic mass is 10.2. The van der Waals surface area contributed by atoms with Gasteiger partial charge in [-0.1, -0.05) is 25.5 Å². The predicted octanol–water partition coefficient (Wildman–Crippen LogP) is 3.26. The SMILES string of the molecule is CCCCOCCNCc1cccc([N+](=O)[O-])c1Br. The minimum atomic E-state index is -0.387. The largest absolute Gasteiger partial charge is 0.380 e. The van der Waals surface area contributed by atoms with E-state index in [0.29, 0.717) is 17.6 Å². The highest BCUT2D eigenvalue weighted by atomic mass is 79.9. The van der Waals surface area contributed by atoms with Crippen molar-refractivity contribution in [1.29, 1.82) is 0 Å². The molecule has 1 rings (SSSR count). The van der Waals surface area contributed by atoms with Crippen LogP contribution in [0.3, 0.4) is 0 Å². The van der Waals surface area contributed by atoms with E-state index in [4.69, 9.17) is 4.74 Å². The monoisotopic (exact) mass is 330 g/mol. The van der Waals surface area contributed by atoms with Crippen LogP contribution in [0.4, 0.5) is 5.69 Å². The summed E-state index contributed by atoms with van der Waals surface area (Å²) in [6.45, 7) is 4.89. The zero-order valence-corrected chi connectivity index (χ0v) is 12.6. The number of nitrogens with zero attached hydrogens (tertiary/aromatic N) is 1. The van der Waals surface area contributed by atoms with Crippen LogP contribution in [-0.2, 0) is 11.3 Å². The van der Waals surface area contributed by atoms with Gasteiger partial charge in [0.15, 0.2) is 0 Å². The molecular weight excluding hydrogens is 312 g/mol. The smallest absolute Gasteiger partial charge is 0.283 e. The van der Waals surface area contributed by atoms with Crippen molar-refractivity contribution in [1.82, 2.24) is 5.32 Å². The van der Waals surface area contributed by atoms with Gasteiger partial charge in [0.05, 0.1) is 16.0 Å². The second kappa shape index (κ2) is 9.01. The van der Waals surface area contributed by atoms with Crippen LogP contribution >= 0.6 is 15.9 Å². The predicted molar refractivity (Wildman–Crippen MR) is 78.2 cm³/mol. The fraction of sp³-hybridized carbons (Fsp3) is 0.538. The van der Waals surface area contributed by atoms with E-state index in [1.54, 1.807) is 6.07 Å². The lowest BCUT2D eigenvalue weighted by Crippen LogP contribution is -2.19. The van der Waals surface area contributed by atoms with Crippen molar-refractivity contribution in [3.63, 3.8) is 0 Å². The molecule has 6 heteroatoms. The van der Waals surface area contributed by atoms with E-state index in [0.717, 1.165) is 31.6 Å². The molecule has 0 fully saturated rings. The Hall–Kier alpha value is -0.980. The molecule has 1 aromatic carbocycles. The summed E-state index contributed by atoms with van der Waals surface area (Å²) in [6, 6.07) is 5.04. The summed E-state index contributed by atoms with van der Waals surface area (Å²) in [6.07, 6.45) is 2.21. The first kappa shape index (κ1) is 16.1. The topological polar surface area (TPSA) is 64.4 Å². The van der Waals surface area contributed by atoms with Crippen LogP contribution in [0.5, 0.6) is 0 Å². The van der Waals surface area contributed by atoms with E-state index >= 15 is 0 Å². The van der Waals surface area contributed by atoms with Crippen molar-refractivity contribution in [3.05, 3.63) is 38.3 Å². The van der Waals surface area contributed by atoms with Gasteiger partial charge in [-0.3, -0.25) is 10.1 Å². The molecule has 0 spiro atoms. The number of nitro benzene ring substituents is 1. The molecule has 0 saturated heterocycles. The lowest BCUT2D eigenvalue weighted by Gasteiger charge is -2.07. The highest BCUT2D eigenvalue weighted by Gasteiger charge is 2.14. The molecule has 0 atom stereocenters. The summed E-state index contributed by atoms with van der Waals surface area (Å²) in [5.74, 6) is 0. The molecule has 0 saturated carbocycles. The van der Waals surface area contributed by atoms with Gasteiger partial charge in [-0.2, -0.15) is 0 Å². The van der Waals surface area contributed by atoms with E-state index in [1.807, 2.05) is 6.07 Å². The second-order valence-corrected chi connectivity index (χ2v) is 4.94. The van der Waals surface area contributed by atoms with Crippen molar-refractivity contribution >= 4 is 21.6 Å². The van der Waals surface area contributed by atoms with Crippen molar-refractivity contribution in [3.8, 4) is 0 Å². The fourth-order valence-electron chi connectivity index (χ4n) is 1.56. The summed E-state index contributed by atoms with van der Waals surface area (Å²) < 4.78 is 5.96. The second-order valence-electron chi connectivity index (χ2n) is 4.15. The standard InChI is InChI=1S/C13H19BrN2O3/c1-2-3-8-19-9-7-15-10-11-5-4-6-12(13(11)14)16(17)18/h4-6,15H,2-3,7-10H2,1H3. The van der Waals surface area contributed by atoms with Crippen molar-refractivity contribution in [2.24, 2.45) is 0 Å². The normalized spacial score (nSPS) is 10.6.